The topological polar surface area (TPSA) is 238 Å². The van der Waals surface area contributed by atoms with Crippen LogP contribution in [0.25, 0.3) is 16.9 Å². The summed E-state index contributed by atoms with van der Waals surface area (Å²) in [6, 6.07) is 5.36. The van der Waals surface area contributed by atoms with Gasteiger partial charge in [-0.2, -0.15) is 0 Å². The summed E-state index contributed by atoms with van der Waals surface area (Å²) >= 11 is 0. The van der Waals surface area contributed by atoms with Crippen molar-refractivity contribution in [1.82, 2.24) is 0 Å². The molecular formula is C32H28O14. The Balaban J connectivity index is 1.72. The molecule has 1 heterocycles. The summed E-state index contributed by atoms with van der Waals surface area (Å²) in [4.78, 5) is 52.3. The van der Waals surface area contributed by atoms with Crippen LogP contribution in [0.4, 0.5) is 0 Å². The number of fused-ring (bicyclic) bond motifs is 2. The zero-order chi connectivity index (χ0) is 34.0. The van der Waals surface area contributed by atoms with Crippen LogP contribution in [-0.2, 0) is 19.1 Å². The van der Waals surface area contributed by atoms with Gasteiger partial charge in [-0.15, -0.1) is 0 Å². The maximum Gasteiger partial charge on any atom is 0.358 e. The van der Waals surface area contributed by atoms with Crippen molar-refractivity contribution in [2.45, 2.75) is 32.0 Å². The molecule has 14 heteroatoms. The number of hydrogen-bond acceptors (Lipinski definition) is 14. The molecule has 240 valence electrons. The number of Topliss-reactive ketones (excluding diaryl/α,β-unsaturated/α-hetero) is 1. The number of aryl methyl sites for hydroxylation is 1. The van der Waals surface area contributed by atoms with E-state index in [1.54, 1.807) is 0 Å². The number of rotatable bonds is 5. The summed E-state index contributed by atoms with van der Waals surface area (Å²) in [5.41, 5.74) is -6.54. The summed E-state index contributed by atoms with van der Waals surface area (Å²) in [6.07, 6.45) is -1.91. The molecule has 5 rings (SSSR count). The minimum atomic E-state index is -2.45. The molecule has 0 radical (unpaired) electrons. The highest BCUT2D eigenvalue weighted by Gasteiger charge is 2.63. The predicted molar refractivity (Wildman–Crippen MR) is 156 cm³/mol. The number of carbonyl (C=O) groups is 4. The van der Waals surface area contributed by atoms with Crippen LogP contribution in [0.3, 0.4) is 0 Å². The molecule has 0 amide bonds. The van der Waals surface area contributed by atoms with E-state index in [2.05, 4.69) is 4.74 Å². The van der Waals surface area contributed by atoms with E-state index in [1.165, 1.54) is 13.8 Å². The molecule has 14 nitrogen and oxygen atoms in total. The van der Waals surface area contributed by atoms with Gasteiger partial charge in [0.2, 0.25) is 5.78 Å². The first-order valence-corrected chi connectivity index (χ1v) is 13.7. The van der Waals surface area contributed by atoms with Gasteiger partial charge in [0.05, 0.1) is 25.4 Å². The summed E-state index contributed by atoms with van der Waals surface area (Å²) in [5, 5.41) is 76.8. The van der Waals surface area contributed by atoms with Crippen LogP contribution in [0.2, 0.25) is 0 Å². The standard InChI is InChI=1S/C32H28O14/c1-11-9-16(34)19(22(24(11)36)30(42)44-3)27(39)20-15(33)7-5-13(25(20)37)14-6-8-18-21(26(14)38)28(40)23-17(35)10-12(2)29(41)32(23,46-18)31(43)45-4/h5-9,12,29,33-34,36-38,40-41H,10H2,1-4H3. The van der Waals surface area contributed by atoms with E-state index in [9.17, 15) is 54.9 Å². The van der Waals surface area contributed by atoms with Crippen molar-refractivity contribution in [2.75, 3.05) is 14.2 Å². The second kappa shape index (κ2) is 11.0. The quantitative estimate of drug-likeness (QED) is 0.121. The molecule has 0 aromatic heterocycles. The number of aliphatic hydroxyl groups excluding tert-OH is 2. The van der Waals surface area contributed by atoms with Gasteiger partial charge in [0.25, 0.3) is 5.60 Å². The molecule has 3 aromatic carbocycles. The minimum Gasteiger partial charge on any atom is -0.507 e. The number of aliphatic hydroxyl groups is 2. The molecule has 7 N–H and O–H groups in total. The molecule has 0 bridgehead atoms. The van der Waals surface area contributed by atoms with Gasteiger partial charge in [-0.3, -0.25) is 9.59 Å². The summed E-state index contributed by atoms with van der Waals surface area (Å²) in [5.74, 6) is -10.5. The summed E-state index contributed by atoms with van der Waals surface area (Å²) < 4.78 is 15.3. The van der Waals surface area contributed by atoms with Gasteiger partial charge in [0, 0.05) is 17.5 Å². The van der Waals surface area contributed by atoms with E-state index in [0.717, 1.165) is 44.6 Å². The number of aromatic hydroxyl groups is 5. The van der Waals surface area contributed by atoms with Crippen molar-refractivity contribution in [1.29, 1.82) is 0 Å². The van der Waals surface area contributed by atoms with Gasteiger partial charge in [0.1, 0.15) is 63.1 Å². The predicted octanol–water partition coefficient (Wildman–Crippen LogP) is 2.75. The number of phenols is 5. The Labute approximate surface area is 259 Å². The molecule has 3 aromatic rings. The number of benzene rings is 3. The molecule has 0 saturated heterocycles. The Morgan fingerprint density at radius 3 is 2.11 bits per heavy atom. The van der Waals surface area contributed by atoms with Gasteiger partial charge < -0.3 is 50.0 Å². The molecule has 3 unspecified atom stereocenters. The fourth-order valence-corrected chi connectivity index (χ4v) is 5.97. The Bertz CT molecular complexity index is 1910. The van der Waals surface area contributed by atoms with Crippen LogP contribution >= 0.6 is 0 Å². The highest BCUT2D eigenvalue weighted by atomic mass is 16.6. The number of hydrogen-bond donors (Lipinski definition) is 7. The van der Waals surface area contributed by atoms with Crippen LogP contribution < -0.4 is 4.74 Å². The molecular weight excluding hydrogens is 608 g/mol. The second-order valence-corrected chi connectivity index (χ2v) is 10.9. The molecule has 1 aliphatic carbocycles. The van der Waals surface area contributed by atoms with Crippen LogP contribution in [-0.4, -0.2) is 85.2 Å². The smallest absolute Gasteiger partial charge is 0.358 e. The number of esters is 2. The number of phenolic OH excluding ortho intramolecular Hbond substituents is 5. The largest absolute Gasteiger partial charge is 0.507 e. The highest BCUT2D eigenvalue weighted by Crippen LogP contribution is 2.53. The number of ether oxygens (including phenoxy) is 3. The van der Waals surface area contributed by atoms with Crippen LogP contribution in [0.15, 0.2) is 35.9 Å². The second-order valence-electron chi connectivity index (χ2n) is 10.9. The maximum absolute atomic E-state index is 13.7. The monoisotopic (exact) mass is 636 g/mol. The Morgan fingerprint density at radius 2 is 1.48 bits per heavy atom. The van der Waals surface area contributed by atoms with Crippen molar-refractivity contribution in [2.24, 2.45) is 5.92 Å². The average molecular weight is 637 g/mol. The lowest BCUT2D eigenvalue weighted by atomic mass is 9.69. The van der Waals surface area contributed by atoms with Crippen molar-refractivity contribution in [3.63, 3.8) is 0 Å². The van der Waals surface area contributed by atoms with Gasteiger partial charge in [0.15, 0.2) is 5.78 Å². The first-order valence-electron chi connectivity index (χ1n) is 13.7. The van der Waals surface area contributed by atoms with Crippen LogP contribution in [0.5, 0.6) is 34.5 Å². The van der Waals surface area contributed by atoms with Crippen molar-refractivity contribution < 1.29 is 69.1 Å². The third-order valence-electron chi connectivity index (χ3n) is 8.25. The molecule has 1 saturated carbocycles. The Morgan fingerprint density at radius 1 is 0.848 bits per heavy atom. The third kappa shape index (κ3) is 4.29. The normalized spacial score (nSPS) is 20.3. The highest BCUT2D eigenvalue weighted by molar-refractivity contribution is 6.20. The first-order chi connectivity index (χ1) is 21.6. The molecule has 1 aliphatic heterocycles. The van der Waals surface area contributed by atoms with Gasteiger partial charge >= 0.3 is 11.9 Å². The van der Waals surface area contributed by atoms with E-state index in [-0.39, 0.29) is 28.9 Å². The Hall–Kier alpha value is -5.76. The van der Waals surface area contributed by atoms with Crippen LogP contribution in [0.1, 0.15) is 50.8 Å². The fourth-order valence-electron chi connectivity index (χ4n) is 5.97. The zero-order valence-corrected chi connectivity index (χ0v) is 24.7. The molecule has 2 aliphatic rings. The molecule has 46 heavy (non-hydrogen) atoms. The molecule has 1 fully saturated rings. The summed E-state index contributed by atoms with van der Waals surface area (Å²) in [6.45, 7) is 2.84. The van der Waals surface area contributed by atoms with Crippen molar-refractivity contribution >= 4 is 29.3 Å². The number of carbonyl (C=O) groups excluding carboxylic acids is 4. The first kappa shape index (κ1) is 31.7. The van der Waals surface area contributed by atoms with Gasteiger partial charge in [-0.25, -0.2) is 9.59 Å². The summed E-state index contributed by atoms with van der Waals surface area (Å²) in [7, 11) is 1.97. The lowest BCUT2D eigenvalue weighted by Crippen LogP contribution is -2.64. The van der Waals surface area contributed by atoms with E-state index >= 15 is 0 Å². The van der Waals surface area contributed by atoms with E-state index in [0.29, 0.717) is 0 Å². The van der Waals surface area contributed by atoms with E-state index in [4.69, 9.17) is 9.47 Å². The van der Waals surface area contributed by atoms with E-state index < -0.39 is 103 Å². The molecule has 0 spiro atoms. The third-order valence-corrected chi connectivity index (χ3v) is 8.25. The van der Waals surface area contributed by atoms with Gasteiger partial charge in [-0.1, -0.05) is 6.92 Å². The SMILES string of the molecule is COC(=O)c1c(O)c(C)cc(O)c1C(=O)c1c(O)ccc(-c2ccc3c(c2O)C(O)=C2C(=O)CC(C)C(O)C2(C(=O)OC)O3)c1O. The fraction of sp³-hybridized carbons (Fsp3) is 0.250. The molecule has 3 atom stereocenters. The number of ketones is 2. The average Bonchev–Trinajstić information content (AvgIpc) is 3.00. The number of methoxy groups -OCH3 is 2. The van der Waals surface area contributed by atoms with Crippen LogP contribution in [0, 0.1) is 12.8 Å². The lowest BCUT2D eigenvalue weighted by molar-refractivity contribution is -0.173. The minimum absolute atomic E-state index is 0.0152. The maximum atomic E-state index is 13.7. The zero-order valence-electron chi connectivity index (χ0n) is 24.7. The van der Waals surface area contributed by atoms with Crippen molar-refractivity contribution in [3.05, 3.63) is 63.7 Å². The van der Waals surface area contributed by atoms with E-state index in [1.807, 2.05) is 0 Å². The van der Waals surface area contributed by atoms with Gasteiger partial charge in [-0.05, 0) is 48.7 Å². The Kier molecular flexibility index (Phi) is 7.57. The van der Waals surface area contributed by atoms with Crippen molar-refractivity contribution in [3.8, 4) is 45.6 Å². The lowest BCUT2D eigenvalue weighted by Gasteiger charge is -2.45.